The minimum absolute atomic E-state index is 0.0567. The van der Waals surface area contributed by atoms with Crippen molar-refractivity contribution in [3.05, 3.63) is 47.3 Å². The van der Waals surface area contributed by atoms with Crippen molar-refractivity contribution in [2.45, 2.75) is 12.6 Å². The lowest BCUT2D eigenvalue weighted by atomic mass is 10.1. The number of hydrogen-bond donors (Lipinski definition) is 1. The largest absolute Gasteiger partial charge is 0.473 e. The Balaban J connectivity index is 1.57. The Morgan fingerprint density at radius 1 is 1.37 bits per heavy atom. The highest BCUT2D eigenvalue weighted by Crippen LogP contribution is 2.36. The number of fused-ring (bicyclic) bond motifs is 3. The van der Waals surface area contributed by atoms with E-state index in [0.717, 1.165) is 6.07 Å². The summed E-state index contributed by atoms with van der Waals surface area (Å²) in [6.45, 7) is 0.561. The van der Waals surface area contributed by atoms with Gasteiger partial charge in [0.15, 0.2) is 5.82 Å². The Labute approximate surface area is 171 Å². The van der Waals surface area contributed by atoms with Gasteiger partial charge >= 0.3 is 6.09 Å². The molecule has 3 heterocycles. The summed E-state index contributed by atoms with van der Waals surface area (Å²) in [6, 6.07) is 8.65. The Morgan fingerprint density at radius 2 is 2.17 bits per heavy atom. The molecular weight excluding hydrogens is 393 g/mol. The summed E-state index contributed by atoms with van der Waals surface area (Å²) in [5, 5.41) is 18.1. The van der Waals surface area contributed by atoms with E-state index in [2.05, 4.69) is 4.98 Å². The van der Waals surface area contributed by atoms with Crippen molar-refractivity contribution in [1.29, 1.82) is 5.26 Å². The smallest absolute Gasteiger partial charge is 0.407 e. The third kappa shape index (κ3) is 3.34. The first-order chi connectivity index (χ1) is 14.4. The molecule has 4 rings (SSSR count). The van der Waals surface area contributed by atoms with Crippen molar-refractivity contribution in [1.82, 2.24) is 9.88 Å². The molecular formula is C20H18FN5O4. The maximum atomic E-state index is 14.1. The quantitative estimate of drug-likeness (QED) is 0.820. The van der Waals surface area contributed by atoms with Crippen molar-refractivity contribution in [3.63, 3.8) is 0 Å². The standard InChI is InChI=1S/C20H18FN5O4/c1-24-15-4-5-17(30-11-13-3-2-12(9-22)8-14(13)21)23-18(15)26-7-6-25(20(28)29)10-16(26)19(24)27/h2-5,8,16H,6-7,10-11H2,1H3,(H,28,29). The first-order valence-corrected chi connectivity index (χ1v) is 9.23. The number of benzene rings is 1. The SMILES string of the molecule is CN1C(=O)C2CN(C(=O)O)CCN2c2nc(OCc3ccc(C#N)cc3F)ccc21. The Bertz CT molecular complexity index is 1070. The second-order valence-electron chi connectivity index (χ2n) is 7.03. The number of pyridine rings is 1. The summed E-state index contributed by atoms with van der Waals surface area (Å²) < 4.78 is 19.7. The monoisotopic (exact) mass is 411 g/mol. The number of ether oxygens (including phenoxy) is 1. The van der Waals surface area contributed by atoms with Gasteiger partial charge in [0.1, 0.15) is 18.5 Å². The summed E-state index contributed by atoms with van der Waals surface area (Å²) in [4.78, 5) is 33.0. The predicted octanol–water partition coefficient (Wildman–Crippen LogP) is 1.82. The van der Waals surface area contributed by atoms with E-state index in [1.54, 1.807) is 24.1 Å². The summed E-state index contributed by atoms with van der Waals surface area (Å²) in [5.41, 5.74) is 1.10. The van der Waals surface area contributed by atoms with Gasteiger partial charge in [-0.3, -0.25) is 4.79 Å². The predicted molar refractivity (Wildman–Crippen MR) is 104 cm³/mol. The number of halogens is 1. The number of nitrogens with zero attached hydrogens (tertiary/aromatic N) is 5. The van der Waals surface area contributed by atoms with Crippen molar-refractivity contribution in [3.8, 4) is 11.9 Å². The maximum Gasteiger partial charge on any atom is 0.407 e. The zero-order valence-corrected chi connectivity index (χ0v) is 16.1. The number of nitriles is 1. The minimum Gasteiger partial charge on any atom is -0.473 e. The van der Waals surface area contributed by atoms with Crippen molar-refractivity contribution < 1.29 is 23.8 Å². The Kier molecular flexibility index (Phi) is 4.87. The molecule has 1 saturated heterocycles. The molecule has 1 aromatic heterocycles. The lowest BCUT2D eigenvalue weighted by Crippen LogP contribution is -2.63. The van der Waals surface area contributed by atoms with Gasteiger partial charge in [0.05, 0.1) is 23.9 Å². The Morgan fingerprint density at radius 3 is 2.87 bits per heavy atom. The molecule has 2 amide bonds. The highest BCUT2D eigenvalue weighted by Gasteiger charge is 2.42. The summed E-state index contributed by atoms with van der Waals surface area (Å²) in [6.07, 6.45) is -1.06. The lowest BCUT2D eigenvalue weighted by molar-refractivity contribution is -0.120. The van der Waals surface area contributed by atoms with Gasteiger partial charge < -0.3 is 24.5 Å². The van der Waals surface area contributed by atoms with Crippen LogP contribution in [0.3, 0.4) is 0 Å². The highest BCUT2D eigenvalue weighted by molar-refractivity contribution is 6.05. The van der Waals surface area contributed by atoms with E-state index in [9.17, 15) is 19.1 Å². The van der Waals surface area contributed by atoms with Gasteiger partial charge in [-0.2, -0.15) is 10.2 Å². The molecule has 0 spiro atoms. The lowest BCUT2D eigenvalue weighted by Gasteiger charge is -2.45. The van der Waals surface area contributed by atoms with Crippen LogP contribution < -0.4 is 14.5 Å². The van der Waals surface area contributed by atoms with Crippen LogP contribution in [0.1, 0.15) is 11.1 Å². The molecule has 0 saturated carbocycles. The van der Waals surface area contributed by atoms with Crippen molar-refractivity contribution in [2.24, 2.45) is 0 Å². The molecule has 2 aliphatic rings. The Hall–Kier alpha value is -3.87. The number of likely N-dealkylation sites (N-methyl/N-ethyl adjacent to an activating group) is 1. The van der Waals surface area contributed by atoms with Crippen LogP contribution in [0.4, 0.5) is 20.7 Å². The van der Waals surface area contributed by atoms with Crippen LogP contribution in [-0.4, -0.2) is 59.7 Å². The number of hydrogen-bond acceptors (Lipinski definition) is 6. The fraction of sp³-hybridized carbons (Fsp3) is 0.300. The van der Waals surface area contributed by atoms with Crippen LogP contribution in [0.2, 0.25) is 0 Å². The number of carbonyl (C=O) groups is 2. The maximum absolute atomic E-state index is 14.1. The molecule has 1 atom stereocenters. The summed E-state index contributed by atoms with van der Waals surface area (Å²) >= 11 is 0. The summed E-state index contributed by atoms with van der Waals surface area (Å²) in [7, 11) is 1.62. The molecule has 154 valence electrons. The normalized spacial score (nSPS) is 17.8. The van der Waals surface area contributed by atoms with Gasteiger partial charge in [0, 0.05) is 31.8 Å². The summed E-state index contributed by atoms with van der Waals surface area (Å²) in [5.74, 6) is 0.0235. The molecule has 2 aromatic rings. The van der Waals surface area contributed by atoms with Crippen LogP contribution >= 0.6 is 0 Å². The van der Waals surface area contributed by atoms with Gasteiger partial charge in [0.25, 0.3) is 5.91 Å². The third-order valence-corrected chi connectivity index (χ3v) is 5.29. The van der Waals surface area contributed by atoms with Crippen LogP contribution in [0, 0.1) is 17.1 Å². The minimum atomic E-state index is -1.06. The van der Waals surface area contributed by atoms with E-state index < -0.39 is 18.0 Å². The number of carboxylic acid groups (broad SMARTS) is 1. The van der Waals surface area contributed by atoms with E-state index in [1.807, 2.05) is 6.07 Å². The number of carbonyl (C=O) groups excluding carboxylic acids is 1. The molecule has 0 aliphatic carbocycles. The molecule has 10 heteroatoms. The number of amides is 2. The van der Waals surface area contributed by atoms with Gasteiger partial charge in [-0.1, -0.05) is 6.07 Å². The van der Waals surface area contributed by atoms with E-state index in [1.165, 1.54) is 21.9 Å². The molecule has 30 heavy (non-hydrogen) atoms. The number of piperazine rings is 1. The van der Waals surface area contributed by atoms with Gasteiger partial charge in [0.2, 0.25) is 5.88 Å². The van der Waals surface area contributed by atoms with Gasteiger partial charge in [-0.25, -0.2) is 9.18 Å². The molecule has 1 aromatic carbocycles. The zero-order valence-electron chi connectivity index (χ0n) is 16.1. The van der Waals surface area contributed by atoms with Crippen molar-refractivity contribution in [2.75, 3.05) is 36.5 Å². The van der Waals surface area contributed by atoms with E-state index in [4.69, 9.17) is 10.00 Å². The molecule has 1 fully saturated rings. The second kappa shape index (κ2) is 7.51. The van der Waals surface area contributed by atoms with Gasteiger partial charge in [-0.05, 0) is 18.2 Å². The zero-order chi connectivity index (χ0) is 21.4. The van der Waals surface area contributed by atoms with E-state index >= 15 is 0 Å². The molecule has 0 bridgehead atoms. The average Bonchev–Trinajstić information content (AvgIpc) is 2.76. The fourth-order valence-electron chi connectivity index (χ4n) is 3.63. The molecule has 0 radical (unpaired) electrons. The van der Waals surface area contributed by atoms with Crippen molar-refractivity contribution >= 4 is 23.5 Å². The van der Waals surface area contributed by atoms with Crippen LogP contribution in [0.25, 0.3) is 0 Å². The topological polar surface area (TPSA) is 110 Å². The molecule has 1 unspecified atom stereocenters. The second-order valence-corrected chi connectivity index (χ2v) is 7.03. The van der Waals surface area contributed by atoms with E-state index in [0.29, 0.717) is 18.1 Å². The van der Waals surface area contributed by atoms with E-state index in [-0.39, 0.29) is 42.6 Å². The molecule has 9 nitrogen and oxygen atoms in total. The number of aromatic nitrogens is 1. The first-order valence-electron chi connectivity index (χ1n) is 9.23. The highest BCUT2D eigenvalue weighted by atomic mass is 19.1. The number of rotatable bonds is 3. The average molecular weight is 411 g/mol. The first kappa shape index (κ1) is 19.4. The van der Waals surface area contributed by atoms with Crippen LogP contribution in [0.5, 0.6) is 5.88 Å². The molecule has 2 aliphatic heterocycles. The third-order valence-electron chi connectivity index (χ3n) is 5.29. The molecule has 1 N–H and O–H groups in total. The fourth-order valence-corrected chi connectivity index (χ4v) is 3.63. The van der Waals surface area contributed by atoms with Crippen LogP contribution in [0.15, 0.2) is 30.3 Å². The van der Waals surface area contributed by atoms with Crippen LogP contribution in [-0.2, 0) is 11.4 Å². The van der Waals surface area contributed by atoms with Gasteiger partial charge in [-0.15, -0.1) is 0 Å². The number of anilines is 2.